The van der Waals surface area contributed by atoms with E-state index >= 15 is 0 Å². The predicted molar refractivity (Wildman–Crippen MR) is 156 cm³/mol. The van der Waals surface area contributed by atoms with Crippen LogP contribution in [0.2, 0.25) is 0 Å². The Morgan fingerprint density at radius 2 is 1.25 bits per heavy atom. The summed E-state index contributed by atoms with van der Waals surface area (Å²) in [5, 5.41) is 7.97. The molecule has 1 aliphatic heterocycles. The van der Waals surface area contributed by atoms with Gasteiger partial charge >= 0.3 is 0 Å². The summed E-state index contributed by atoms with van der Waals surface area (Å²) in [7, 11) is 0. The summed E-state index contributed by atoms with van der Waals surface area (Å²) >= 11 is 0. The number of para-hydroxylation sites is 1. The summed E-state index contributed by atoms with van der Waals surface area (Å²) < 4.78 is 6.84. The molecule has 0 atom stereocenters. The van der Waals surface area contributed by atoms with E-state index in [1.54, 1.807) is 0 Å². The van der Waals surface area contributed by atoms with Crippen LogP contribution in [-0.4, -0.2) is 6.71 Å². The van der Waals surface area contributed by atoms with E-state index in [-0.39, 0.29) is 6.71 Å². The van der Waals surface area contributed by atoms with Crippen molar-refractivity contribution in [2.24, 2.45) is 0 Å². The molecular formula is C34H29BO. The van der Waals surface area contributed by atoms with Gasteiger partial charge in [0, 0.05) is 10.8 Å². The fourth-order valence-corrected chi connectivity index (χ4v) is 6.43. The van der Waals surface area contributed by atoms with E-state index in [2.05, 4.69) is 119 Å². The van der Waals surface area contributed by atoms with Gasteiger partial charge in [0.25, 0.3) is 0 Å². The normalized spacial score (nSPS) is 13.1. The van der Waals surface area contributed by atoms with Gasteiger partial charge in [-0.1, -0.05) is 117 Å². The zero-order valence-corrected chi connectivity index (χ0v) is 21.3. The first-order valence-corrected chi connectivity index (χ1v) is 13.1. The van der Waals surface area contributed by atoms with Gasteiger partial charge in [0.2, 0.25) is 6.71 Å². The first kappa shape index (κ1) is 21.5. The molecule has 0 bridgehead atoms. The summed E-state index contributed by atoms with van der Waals surface area (Å²) in [4.78, 5) is 0. The van der Waals surface area contributed by atoms with Crippen molar-refractivity contribution in [2.45, 2.75) is 39.5 Å². The first-order chi connectivity index (χ1) is 17.5. The van der Waals surface area contributed by atoms with Gasteiger partial charge in [-0.05, 0) is 62.1 Å². The lowest BCUT2D eigenvalue weighted by atomic mass is 9.36. The van der Waals surface area contributed by atoms with Crippen LogP contribution in [0.15, 0.2) is 91.0 Å². The summed E-state index contributed by atoms with van der Waals surface area (Å²) in [5.41, 5.74) is 6.68. The average Bonchev–Trinajstić information content (AvgIpc) is 3.03. The van der Waals surface area contributed by atoms with Crippen LogP contribution in [0.1, 0.15) is 50.7 Å². The van der Waals surface area contributed by atoms with E-state index < -0.39 is 0 Å². The second-order valence-corrected chi connectivity index (χ2v) is 10.9. The Balaban J connectivity index is 1.70. The molecule has 1 aliphatic rings. The van der Waals surface area contributed by atoms with Gasteiger partial charge in [-0.3, -0.25) is 0 Å². The Labute approximate surface area is 213 Å². The van der Waals surface area contributed by atoms with Gasteiger partial charge in [0.05, 0.1) is 0 Å². The number of rotatable bonds is 3. The van der Waals surface area contributed by atoms with Crippen LogP contribution in [0.25, 0.3) is 32.3 Å². The number of benzene rings is 6. The molecule has 0 amide bonds. The lowest BCUT2D eigenvalue weighted by Gasteiger charge is -2.23. The minimum atomic E-state index is 0.113. The lowest BCUT2D eigenvalue weighted by molar-refractivity contribution is 0.493. The van der Waals surface area contributed by atoms with E-state index in [9.17, 15) is 0 Å². The minimum Gasteiger partial charge on any atom is -0.457 e. The molecule has 6 aromatic rings. The molecule has 0 aromatic heterocycles. The second-order valence-electron chi connectivity index (χ2n) is 10.9. The lowest BCUT2D eigenvalue weighted by Crippen LogP contribution is -2.51. The number of hydrogen-bond donors (Lipinski definition) is 0. The van der Waals surface area contributed by atoms with Gasteiger partial charge in [0.1, 0.15) is 11.5 Å². The third-order valence-corrected chi connectivity index (χ3v) is 8.08. The molecule has 36 heavy (non-hydrogen) atoms. The molecule has 0 N–H and O–H groups in total. The Hall–Kier alpha value is -3.78. The van der Waals surface area contributed by atoms with Crippen LogP contribution in [0, 0.1) is 0 Å². The molecular weight excluding hydrogens is 435 g/mol. The Kier molecular flexibility index (Phi) is 4.70. The number of ether oxygens (including phenoxy) is 1. The topological polar surface area (TPSA) is 9.23 Å². The van der Waals surface area contributed by atoms with Crippen LogP contribution in [0.4, 0.5) is 0 Å². The second kappa shape index (κ2) is 7.86. The van der Waals surface area contributed by atoms with Crippen LogP contribution >= 0.6 is 0 Å². The molecule has 174 valence electrons. The molecule has 0 saturated carbocycles. The fourth-order valence-electron chi connectivity index (χ4n) is 6.43. The zero-order valence-electron chi connectivity index (χ0n) is 21.3. The van der Waals surface area contributed by atoms with Gasteiger partial charge < -0.3 is 4.74 Å². The number of fused-ring (bicyclic) bond motifs is 1. The summed E-state index contributed by atoms with van der Waals surface area (Å²) in [6.45, 7) is 9.35. The molecule has 2 heteroatoms. The molecule has 0 spiro atoms. The van der Waals surface area contributed by atoms with Crippen LogP contribution in [0.3, 0.4) is 0 Å². The Bertz CT molecular complexity index is 1760. The van der Waals surface area contributed by atoms with Crippen molar-refractivity contribution in [3.05, 3.63) is 102 Å². The first-order valence-electron chi connectivity index (χ1n) is 13.1. The molecule has 0 saturated heterocycles. The van der Waals surface area contributed by atoms with Crippen LogP contribution in [-0.2, 0) is 0 Å². The van der Waals surface area contributed by atoms with E-state index in [0.717, 1.165) is 11.5 Å². The van der Waals surface area contributed by atoms with Crippen molar-refractivity contribution < 1.29 is 4.74 Å². The third kappa shape index (κ3) is 2.97. The highest BCUT2D eigenvalue weighted by molar-refractivity contribution is 6.97. The molecule has 7 rings (SSSR count). The summed E-state index contributed by atoms with van der Waals surface area (Å²) in [5.74, 6) is 2.80. The minimum absolute atomic E-state index is 0.113. The Morgan fingerprint density at radius 3 is 2.03 bits per heavy atom. The van der Waals surface area contributed by atoms with Crippen molar-refractivity contribution in [3.8, 4) is 11.5 Å². The van der Waals surface area contributed by atoms with E-state index in [0.29, 0.717) is 11.8 Å². The van der Waals surface area contributed by atoms with Gasteiger partial charge in [-0.2, -0.15) is 0 Å². The van der Waals surface area contributed by atoms with E-state index in [1.165, 1.54) is 59.8 Å². The molecule has 1 nitrogen and oxygen atoms in total. The number of hydrogen-bond acceptors (Lipinski definition) is 1. The molecule has 0 aliphatic carbocycles. The highest BCUT2D eigenvalue weighted by Gasteiger charge is 2.32. The SMILES string of the molecule is CC(C)c1cc(C(C)C)c2cc3c4c(ccc5ccc1c2c54)B(c1ccccc1)c1ccccc1O3. The molecule has 1 heterocycles. The van der Waals surface area contributed by atoms with E-state index in [4.69, 9.17) is 4.74 Å². The largest absolute Gasteiger partial charge is 0.457 e. The highest BCUT2D eigenvalue weighted by atomic mass is 16.5. The predicted octanol–water partition coefficient (Wildman–Crippen LogP) is 7.45. The van der Waals surface area contributed by atoms with Crippen molar-refractivity contribution in [1.29, 1.82) is 0 Å². The zero-order chi connectivity index (χ0) is 24.6. The van der Waals surface area contributed by atoms with Crippen molar-refractivity contribution >= 4 is 55.4 Å². The monoisotopic (exact) mass is 464 g/mol. The Morgan fingerprint density at radius 1 is 0.556 bits per heavy atom. The molecule has 0 unspecified atom stereocenters. The molecule has 6 aromatic carbocycles. The van der Waals surface area contributed by atoms with Crippen molar-refractivity contribution in [2.75, 3.05) is 0 Å². The molecule has 0 fully saturated rings. The summed E-state index contributed by atoms with van der Waals surface area (Å²) in [6.07, 6.45) is 0. The maximum atomic E-state index is 6.84. The maximum Gasteiger partial charge on any atom is 0.247 e. The standard InChI is InChI=1S/C34H29BO/c1-20(2)25-18-26(21(3)4)27-19-31-34-29(17-15-22-14-16-24(25)33(27)32(22)34)35(23-10-6-5-7-11-23)28-12-8-9-13-30(28)36-31/h5-21H,1-4H3. The van der Waals surface area contributed by atoms with Crippen LogP contribution < -0.4 is 21.1 Å². The quantitative estimate of drug-likeness (QED) is 0.195. The van der Waals surface area contributed by atoms with Crippen molar-refractivity contribution in [1.82, 2.24) is 0 Å². The van der Waals surface area contributed by atoms with Crippen LogP contribution in [0.5, 0.6) is 11.5 Å². The molecule has 0 radical (unpaired) electrons. The highest BCUT2D eigenvalue weighted by Crippen LogP contribution is 2.45. The third-order valence-electron chi connectivity index (χ3n) is 8.08. The van der Waals surface area contributed by atoms with Gasteiger partial charge in [0.15, 0.2) is 0 Å². The smallest absolute Gasteiger partial charge is 0.247 e. The van der Waals surface area contributed by atoms with Gasteiger partial charge in [-0.25, -0.2) is 0 Å². The summed E-state index contributed by atoms with van der Waals surface area (Å²) in [6, 6.07) is 33.5. The van der Waals surface area contributed by atoms with Crippen molar-refractivity contribution in [3.63, 3.8) is 0 Å². The van der Waals surface area contributed by atoms with Gasteiger partial charge in [-0.15, -0.1) is 0 Å². The fraction of sp³-hybridized carbons (Fsp3) is 0.176. The van der Waals surface area contributed by atoms with E-state index in [1.807, 2.05) is 0 Å². The maximum absolute atomic E-state index is 6.84. The average molecular weight is 464 g/mol.